The summed E-state index contributed by atoms with van der Waals surface area (Å²) in [5.74, 6) is -0.545. The van der Waals surface area contributed by atoms with Crippen LogP contribution < -0.4 is 14.4 Å². The number of nitrogens with zero attached hydrogens (tertiary/aromatic N) is 2. The van der Waals surface area contributed by atoms with E-state index in [1.807, 2.05) is 88.4 Å². The van der Waals surface area contributed by atoms with E-state index >= 15 is 0 Å². The number of carbonyl (C=O) groups excluding carboxylic acids is 2. The number of hydrogen-bond acceptors (Lipinski definition) is 5. The monoisotopic (exact) mass is 627 g/mol. The van der Waals surface area contributed by atoms with Gasteiger partial charge in [-0.1, -0.05) is 84.4 Å². The van der Waals surface area contributed by atoms with Gasteiger partial charge >= 0.3 is 0 Å². The number of hydrogen-bond donors (Lipinski definition) is 1. The SMILES string of the molecule is COc1ccc(C)cc1N(CC(=O)N(Cc1cccc(C)c1)[C@@H](Cc1ccccc1)C(=O)NC(C)C)S(=O)(=O)c1ccccc1. The Morgan fingerprint density at radius 1 is 0.800 bits per heavy atom. The van der Waals surface area contributed by atoms with Crippen molar-refractivity contribution >= 4 is 27.5 Å². The number of aryl methyl sites for hydroxylation is 2. The number of anilines is 1. The molecule has 0 saturated carbocycles. The normalized spacial score (nSPS) is 12.0. The standard InChI is InChI=1S/C36H41N3O5S/c1-26(2)37-36(41)33(23-29-14-8-6-9-15-29)38(24-30-16-12-13-27(3)21-30)35(40)25-39(32-22-28(4)19-20-34(32)44-5)45(42,43)31-17-10-7-11-18-31/h6-22,26,33H,23-25H2,1-5H3,(H,37,41)/t33-/m0/s1. The first-order valence-electron chi connectivity index (χ1n) is 14.9. The van der Waals surface area contributed by atoms with Crippen molar-refractivity contribution in [1.29, 1.82) is 0 Å². The maximum Gasteiger partial charge on any atom is 0.264 e. The molecule has 2 amide bonds. The number of carbonyl (C=O) groups is 2. The van der Waals surface area contributed by atoms with Crippen molar-refractivity contribution in [3.8, 4) is 5.75 Å². The van der Waals surface area contributed by atoms with Crippen molar-refractivity contribution in [2.24, 2.45) is 0 Å². The summed E-state index contributed by atoms with van der Waals surface area (Å²) in [7, 11) is -2.77. The van der Waals surface area contributed by atoms with E-state index < -0.39 is 28.5 Å². The number of ether oxygens (including phenoxy) is 1. The van der Waals surface area contributed by atoms with E-state index in [4.69, 9.17) is 4.74 Å². The average Bonchev–Trinajstić information content (AvgIpc) is 3.02. The minimum atomic E-state index is -4.23. The second-order valence-electron chi connectivity index (χ2n) is 11.4. The molecule has 0 fully saturated rings. The molecule has 1 N–H and O–H groups in total. The van der Waals surface area contributed by atoms with Gasteiger partial charge in [0.2, 0.25) is 11.8 Å². The van der Waals surface area contributed by atoms with Gasteiger partial charge in [0.1, 0.15) is 18.3 Å². The lowest BCUT2D eigenvalue weighted by atomic mass is 10.0. The van der Waals surface area contributed by atoms with Crippen molar-refractivity contribution in [1.82, 2.24) is 10.2 Å². The van der Waals surface area contributed by atoms with Gasteiger partial charge in [0.05, 0.1) is 17.7 Å². The smallest absolute Gasteiger partial charge is 0.264 e. The molecule has 0 bridgehead atoms. The average molecular weight is 628 g/mol. The molecular formula is C36H41N3O5S. The van der Waals surface area contributed by atoms with Crippen molar-refractivity contribution in [2.45, 2.75) is 57.6 Å². The molecule has 0 radical (unpaired) electrons. The fourth-order valence-corrected chi connectivity index (χ4v) is 6.61. The maximum atomic E-state index is 14.6. The molecule has 0 saturated heterocycles. The van der Waals surface area contributed by atoms with E-state index in [2.05, 4.69) is 5.32 Å². The maximum absolute atomic E-state index is 14.6. The lowest BCUT2D eigenvalue weighted by Crippen LogP contribution is -2.54. The highest BCUT2D eigenvalue weighted by molar-refractivity contribution is 7.92. The number of methoxy groups -OCH3 is 1. The van der Waals surface area contributed by atoms with Gasteiger partial charge in [0.15, 0.2) is 0 Å². The minimum absolute atomic E-state index is 0.0324. The first-order chi connectivity index (χ1) is 21.5. The summed E-state index contributed by atoms with van der Waals surface area (Å²) >= 11 is 0. The van der Waals surface area contributed by atoms with Crippen LogP contribution in [-0.2, 0) is 32.6 Å². The lowest BCUT2D eigenvalue weighted by Gasteiger charge is -2.34. The van der Waals surface area contributed by atoms with E-state index in [1.165, 1.54) is 24.1 Å². The Morgan fingerprint density at radius 3 is 2.04 bits per heavy atom. The summed E-state index contributed by atoms with van der Waals surface area (Å²) in [6.45, 7) is 7.08. The topological polar surface area (TPSA) is 96.0 Å². The Morgan fingerprint density at radius 2 is 1.42 bits per heavy atom. The Balaban J connectivity index is 1.85. The molecule has 0 aliphatic carbocycles. The molecule has 4 rings (SSSR count). The second-order valence-corrected chi connectivity index (χ2v) is 13.2. The van der Waals surface area contributed by atoms with Crippen molar-refractivity contribution in [3.63, 3.8) is 0 Å². The van der Waals surface area contributed by atoms with Gasteiger partial charge in [-0.15, -0.1) is 0 Å². The number of sulfonamides is 1. The second kappa shape index (κ2) is 14.9. The van der Waals surface area contributed by atoms with Crippen LogP contribution in [0.3, 0.4) is 0 Å². The summed E-state index contributed by atoms with van der Waals surface area (Å²) in [6, 6.07) is 29.3. The van der Waals surface area contributed by atoms with Gasteiger partial charge in [-0.3, -0.25) is 13.9 Å². The first-order valence-corrected chi connectivity index (χ1v) is 16.4. The highest BCUT2D eigenvalue weighted by Crippen LogP contribution is 2.34. The summed E-state index contributed by atoms with van der Waals surface area (Å²) in [6.07, 6.45) is 0.246. The number of rotatable bonds is 13. The molecule has 0 aromatic heterocycles. The quantitative estimate of drug-likeness (QED) is 0.206. The van der Waals surface area contributed by atoms with Crippen LogP contribution in [-0.4, -0.2) is 50.9 Å². The fourth-order valence-electron chi connectivity index (χ4n) is 5.17. The molecule has 1 atom stereocenters. The predicted molar refractivity (Wildman–Crippen MR) is 178 cm³/mol. The van der Waals surface area contributed by atoms with Crippen LogP contribution in [0.2, 0.25) is 0 Å². The van der Waals surface area contributed by atoms with Gasteiger partial charge in [-0.05, 0) is 68.7 Å². The number of amides is 2. The molecule has 0 aliphatic heterocycles. The van der Waals surface area contributed by atoms with Crippen LogP contribution >= 0.6 is 0 Å². The van der Waals surface area contributed by atoms with E-state index in [1.54, 1.807) is 30.3 Å². The molecule has 4 aromatic carbocycles. The van der Waals surface area contributed by atoms with Crippen LogP contribution in [0.1, 0.15) is 36.1 Å². The zero-order valence-electron chi connectivity index (χ0n) is 26.4. The first kappa shape index (κ1) is 33.3. The Kier molecular flexibility index (Phi) is 11.0. The van der Waals surface area contributed by atoms with E-state index in [0.717, 1.165) is 26.6 Å². The van der Waals surface area contributed by atoms with Gasteiger partial charge in [0.25, 0.3) is 10.0 Å². The van der Waals surface area contributed by atoms with E-state index in [-0.39, 0.29) is 35.5 Å². The molecule has 236 valence electrons. The highest BCUT2D eigenvalue weighted by Gasteiger charge is 2.35. The van der Waals surface area contributed by atoms with Crippen molar-refractivity contribution in [3.05, 3.63) is 125 Å². The molecular weight excluding hydrogens is 586 g/mol. The van der Waals surface area contributed by atoms with E-state index in [0.29, 0.717) is 5.75 Å². The number of benzene rings is 4. The summed E-state index contributed by atoms with van der Waals surface area (Å²) in [5, 5.41) is 2.98. The van der Waals surface area contributed by atoms with Gasteiger partial charge < -0.3 is 15.0 Å². The third-order valence-electron chi connectivity index (χ3n) is 7.35. The van der Waals surface area contributed by atoms with Gasteiger partial charge in [0, 0.05) is 19.0 Å². The van der Waals surface area contributed by atoms with Gasteiger partial charge in [-0.2, -0.15) is 0 Å². The Bertz CT molecular complexity index is 1710. The van der Waals surface area contributed by atoms with Crippen LogP contribution in [0.4, 0.5) is 5.69 Å². The third kappa shape index (κ3) is 8.51. The largest absolute Gasteiger partial charge is 0.495 e. The van der Waals surface area contributed by atoms with Crippen LogP contribution in [0.25, 0.3) is 0 Å². The highest BCUT2D eigenvalue weighted by atomic mass is 32.2. The van der Waals surface area contributed by atoms with Crippen LogP contribution in [0.15, 0.2) is 108 Å². The van der Waals surface area contributed by atoms with Crippen molar-refractivity contribution < 1.29 is 22.7 Å². The Hall–Kier alpha value is -4.63. The number of nitrogens with one attached hydrogen (secondary N) is 1. The molecule has 0 heterocycles. The summed E-state index contributed by atoms with van der Waals surface area (Å²) < 4.78 is 35.1. The molecule has 0 spiro atoms. The Labute approximate surface area is 266 Å². The molecule has 45 heavy (non-hydrogen) atoms. The zero-order valence-corrected chi connectivity index (χ0v) is 27.3. The van der Waals surface area contributed by atoms with Crippen molar-refractivity contribution in [2.75, 3.05) is 18.0 Å². The molecule has 4 aromatic rings. The van der Waals surface area contributed by atoms with Crippen LogP contribution in [0.5, 0.6) is 5.75 Å². The van der Waals surface area contributed by atoms with Crippen LogP contribution in [0, 0.1) is 13.8 Å². The third-order valence-corrected chi connectivity index (χ3v) is 9.12. The predicted octanol–water partition coefficient (Wildman–Crippen LogP) is 5.67. The molecule has 0 aliphatic rings. The molecule has 0 unspecified atom stereocenters. The zero-order chi connectivity index (χ0) is 32.6. The fraction of sp³-hybridized carbons (Fsp3) is 0.278. The minimum Gasteiger partial charge on any atom is -0.495 e. The molecule has 8 nitrogen and oxygen atoms in total. The lowest BCUT2D eigenvalue weighted by molar-refractivity contribution is -0.140. The summed E-state index contributed by atoms with van der Waals surface area (Å²) in [5.41, 5.74) is 3.73. The summed E-state index contributed by atoms with van der Waals surface area (Å²) in [4.78, 5) is 30.0. The molecule has 9 heteroatoms. The van der Waals surface area contributed by atoms with E-state index in [9.17, 15) is 18.0 Å². The van der Waals surface area contributed by atoms with Gasteiger partial charge in [-0.25, -0.2) is 8.42 Å².